The second kappa shape index (κ2) is 9.57. The highest BCUT2D eigenvalue weighted by molar-refractivity contribution is 7.92. The molecule has 2 aromatic carbocycles. The Balaban J connectivity index is 2.15. The van der Waals surface area contributed by atoms with Gasteiger partial charge in [0.05, 0.1) is 11.9 Å². The van der Waals surface area contributed by atoms with Crippen LogP contribution in [0.2, 0.25) is 0 Å². The number of sulfonamides is 1. The first-order valence-electron chi connectivity index (χ1n) is 8.93. The Kier molecular flexibility index (Phi) is 7.42. The zero-order chi connectivity index (χ0) is 20.7. The summed E-state index contributed by atoms with van der Waals surface area (Å²) >= 11 is 0. The van der Waals surface area contributed by atoms with Crippen LogP contribution in [0.1, 0.15) is 6.92 Å². The Morgan fingerprint density at radius 2 is 1.61 bits per heavy atom. The molecule has 0 saturated heterocycles. The minimum absolute atomic E-state index is 0.350. The van der Waals surface area contributed by atoms with E-state index in [9.17, 15) is 13.2 Å². The first kappa shape index (κ1) is 21.7. The Labute approximate surface area is 167 Å². The summed E-state index contributed by atoms with van der Waals surface area (Å²) in [6.07, 6.45) is 1.09. The van der Waals surface area contributed by atoms with Gasteiger partial charge in [-0.1, -0.05) is 18.2 Å². The minimum atomic E-state index is -3.65. The largest absolute Gasteiger partial charge is 0.457 e. The van der Waals surface area contributed by atoms with Crippen molar-refractivity contribution in [1.82, 2.24) is 10.2 Å². The average molecular weight is 406 g/mol. The van der Waals surface area contributed by atoms with Crippen molar-refractivity contribution in [3.63, 3.8) is 0 Å². The lowest BCUT2D eigenvalue weighted by atomic mass is 10.2. The molecule has 8 heteroatoms. The highest BCUT2D eigenvalue weighted by Gasteiger charge is 2.28. The van der Waals surface area contributed by atoms with E-state index in [1.807, 2.05) is 49.3 Å². The molecule has 0 aliphatic rings. The molecule has 0 radical (unpaired) electrons. The summed E-state index contributed by atoms with van der Waals surface area (Å²) in [5.41, 5.74) is 0.401. The number of nitrogens with one attached hydrogen (secondary N) is 1. The molecule has 0 aliphatic heterocycles. The molecule has 0 aromatic heterocycles. The Morgan fingerprint density at radius 3 is 2.14 bits per heavy atom. The van der Waals surface area contributed by atoms with Crippen LogP contribution in [0, 0.1) is 0 Å². The fraction of sp³-hybridized carbons (Fsp3) is 0.350. The Hall–Kier alpha value is -2.58. The summed E-state index contributed by atoms with van der Waals surface area (Å²) in [6.45, 7) is 2.68. The minimum Gasteiger partial charge on any atom is -0.457 e. The third-order valence-corrected chi connectivity index (χ3v) is 5.26. The van der Waals surface area contributed by atoms with Crippen LogP contribution in [0.15, 0.2) is 54.6 Å². The first-order valence-corrected chi connectivity index (χ1v) is 10.8. The SMILES string of the molecule is C[C@@H](C(=O)NCCN(C)C)N(c1ccc(Oc2ccccc2)cc1)S(C)(=O)=O. The highest BCUT2D eigenvalue weighted by atomic mass is 32.2. The van der Waals surface area contributed by atoms with Gasteiger partial charge in [0.15, 0.2) is 0 Å². The number of amides is 1. The number of likely N-dealkylation sites (N-methyl/N-ethyl adjacent to an activating group) is 1. The van der Waals surface area contributed by atoms with Gasteiger partial charge in [0.2, 0.25) is 15.9 Å². The molecule has 1 N–H and O–H groups in total. The van der Waals surface area contributed by atoms with Gasteiger partial charge in [-0.25, -0.2) is 8.42 Å². The van der Waals surface area contributed by atoms with Crippen LogP contribution in [-0.2, 0) is 14.8 Å². The van der Waals surface area contributed by atoms with E-state index in [0.29, 0.717) is 30.3 Å². The van der Waals surface area contributed by atoms with E-state index >= 15 is 0 Å². The van der Waals surface area contributed by atoms with Crippen molar-refractivity contribution in [2.75, 3.05) is 37.7 Å². The molecule has 0 fully saturated rings. The summed E-state index contributed by atoms with van der Waals surface area (Å²) in [5, 5.41) is 2.77. The average Bonchev–Trinajstić information content (AvgIpc) is 2.62. The summed E-state index contributed by atoms with van der Waals surface area (Å²) in [7, 11) is 0.146. The molecule has 0 spiro atoms. The van der Waals surface area contributed by atoms with Crippen LogP contribution in [0.4, 0.5) is 5.69 Å². The van der Waals surface area contributed by atoms with Crippen LogP contribution in [0.25, 0.3) is 0 Å². The molecule has 0 heterocycles. The Morgan fingerprint density at radius 1 is 1.04 bits per heavy atom. The van der Waals surface area contributed by atoms with Gasteiger partial charge in [0, 0.05) is 13.1 Å². The maximum atomic E-state index is 12.4. The quantitative estimate of drug-likeness (QED) is 0.693. The zero-order valence-electron chi connectivity index (χ0n) is 16.6. The third-order valence-electron chi connectivity index (χ3n) is 4.02. The molecule has 0 unspecified atom stereocenters. The van der Waals surface area contributed by atoms with Crippen molar-refractivity contribution in [3.05, 3.63) is 54.6 Å². The van der Waals surface area contributed by atoms with Crippen LogP contribution in [0.3, 0.4) is 0 Å². The van der Waals surface area contributed by atoms with E-state index < -0.39 is 16.1 Å². The molecule has 28 heavy (non-hydrogen) atoms. The van der Waals surface area contributed by atoms with E-state index in [4.69, 9.17) is 4.74 Å². The number of carbonyl (C=O) groups is 1. The molecule has 1 atom stereocenters. The van der Waals surface area contributed by atoms with Crippen LogP contribution in [-0.4, -0.2) is 58.7 Å². The summed E-state index contributed by atoms with van der Waals surface area (Å²) in [5.74, 6) is 0.909. The molecule has 152 valence electrons. The third kappa shape index (κ3) is 6.24. The number of hydrogen-bond acceptors (Lipinski definition) is 5. The number of anilines is 1. The molecule has 1 amide bonds. The normalized spacial score (nSPS) is 12.5. The summed E-state index contributed by atoms with van der Waals surface area (Å²) in [6, 6.07) is 15.0. The molecular formula is C20H27N3O4S. The molecule has 0 saturated carbocycles. The number of benzene rings is 2. The standard InChI is InChI=1S/C20H27N3O4S/c1-16(20(24)21-14-15-22(2)3)23(28(4,25)26)17-10-12-19(13-11-17)27-18-8-6-5-7-9-18/h5-13,16H,14-15H2,1-4H3,(H,21,24)/t16-/m0/s1. The number of nitrogens with zero attached hydrogens (tertiary/aromatic N) is 2. The zero-order valence-corrected chi connectivity index (χ0v) is 17.4. The lowest BCUT2D eigenvalue weighted by Crippen LogP contribution is -2.48. The second-order valence-electron chi connectivity index (χ2n) is 6.74. The van der Waals surface area contributed by atoms with Gasteiger partial charge in [0.1, 0.15) is 17.5 Å². The van der Waals surface area contributed by atoms with Crippen LogP contribution < -0.4 is 14.4 Å². The second-order valence-corrected chi connectivity index (χ2v) is 8.60. The molecular weight excluding hydrogens is 378 g/mol. The number of hydrogen-bond donors (Lipinski definition) is 1. The molecule has 0 bridgehead atoms. The fourth-order valence-electron chi connectivity index (χ4n) is 2.64. The van der Waals surface area contributed by atoms with Crippen LogP contribution >= 0.6 is 0 Å². The maximum Gasteiger partial charge on any atom is 0.243 e. The molecule has 7 nitrogen and oxygen atoms in total. The van der Waals surface area contributed by atoms with Crippen molar-refractivity contribution in [2.24, 2.45) is 0 Å². The summed E-state index contributed by atoms with van der Waals surface area (Å²) < 4.78 is 31.5. The fourth-order valence-corrected chi connectivity index (χ4v) is 3.82. The predicted molar refractivity (Wildman–Crippen MR) is 111 cm³/mol. The van der Waals surface area contributed by atoms with E-state index in [0.717, 1.165) is 10.6 Å². The van der Waals surface area contributed by atoms with Gasteiger partial charge in [0.25, 0.3) is 0 Å². The number of carbonyl (C=O) groups excluding carboxylic acids is 1. The van der Waals surface area contributed by atoms with Crippen molar-refractivity contribution in [2.45, 2.75) is 13.0 Å². The highest BCUT2D eigenvalue weighted by Crippen LogP contribution is 2.26. The lowest BCUT2D eigenvalue weighted by molar-refractivity contribution is -0.121. The van der Waals surface area contributed by atoms with Gasteiger partial charge < -0.3 is 15.0 Å². The number of para-hydroxylation sites is 1. The first-order chi connectivity index (χ1) is 13.2. The maximum absolute atomic E-state index is 12.4. The van der Waals surface area contributed by atoms with Gasteiger partial charge in [-0.05, 0) is 57.4 Å². The molecule has 2 aromatic rings. The van der Waals surface area contributed by atoms with Crippen LogP contribution in [0.5, 0.6) is 11.5 Å². The van der Waals surface area contributed by atoms with Crippen molar-refractivity contribution < 1.29 is 17.9 Å². The van der Waals surface area contributed by atoms with Gasteiger partial charge in [-0.2, -0.15) is 0 Å². The smallest absolute Gasteiger partial charge is 0.243 e. The monoisotopic (exact) mass is 405 g/mol. The van der Waals surface area contributed by atoms with Gasteiger partial charge in [-0.15, -0.1) is 0 Å². The molecule has 2 rings (SSSR count). The number of rotatable bonds is 9. The number of ether oxygens (including phenoxy) is 1. The summed E-state index contributed by atoms with van der Waals surface area (Å²) in [4.78, 5) is 14.4. The molecule has 0 aliphatic carbocycles. The van der Waals surface area contributed by atoms with E-state index in [2.05, 4.69) is 5.32 Å². The Bertz CT molecular complexity index is 868. The van der Waals surface area contributed by atoms with E-state index in [1.165, 1.54) is 0 Å². The van der Waals surface area contributed by atoms with Gasteiger partial charge >= 0.3 is 0 Å². The van der Waals surface area contributed by atoms with Gasteiger partial charge in [-0.3, -0.25) is 9.10 Å². The van der Waals surface area contributed by atoms with E-state index in [-0.39, 0.29) is 5.91 Å². The van der Waals surface area contributed by atoms with Crippen molar-refractivity contribution in [1.29, 1.82) is 0 Å². The van der Waals surface area contributed by atoms with E-state index in [1.54, 1.807) is 31.2 Å². The predicted octanol–water partition coefficient (Wildman–Crippen LogP) is 2.31. The van der Waals surface area contributed by atoms with Crippen molar-refractivity contribution in [3.8, 4) is 11.5 Å². The lowest BCUT2D eigenvalue weighted by Gasteiger charge is -2.28. The van der Waals surface area contributed by atoms with Crippen molar-refractivity contribution >= 4 is 21.6 Å². The topological polar surface area (TPSA) is 79.0 Å².